The molecule has 1 aliphatic heterocycles. The van der Waals surface area contributed by atoms with E-state index in [0.29, 0.717) is 28.9 Å². The summed E-state index contributed by atoms with van der Waals surface area (Å²) in [4.78, 5) is 11.1. The number of halogens is 1. The monoisotopic (exact) mass is 377 g/mol. The second-order valence-electron chi connectivity index (χ2n) is 4.63. The summed E-state index contributed by atoms with van der Waals surface area (Å²) in [5.74, 6) is -0.660. The van der Waals surface area contributed by atoms with Crippen molar-refractivity contribution in [3.63, 3.8) is 0 Å². The molecule has 1 heterocycles. The van der Waals surface area contributed by atoms with E-state index >= 15 is 0 Å². The Hall–Kier alpha value is -1.12. The fraction of sp³-hybridized carbons (Fsp3) is 0.462. The lowest BCUT2D eigenvalue weighted by Gasteiger charge is -2.19. The Bertz CT molecular complexity index is 669. The van der Waals surface area contributed by atoms with Crippen LogP contribution >= 0.6 is 15.9 Å². The van der Waals surface area contributed by atoms with Gasteiger partial charge in [-0.15, -0.1) is 0 Å². The molecule has 1 aromatic carbocycles. The molecule has 1 unspecified atom stereocenters. The maximum Gasteiger partial charge on any atom is 0.345 e. The first-order valence-corrected chi connectivity index (χ1v) is 8.76. The Balaban J connectivity index is 2.45. The first kappa shape index (κ1) is 16.3. The molecule has 0 saturated carbocycles. The Morgan fingerprint density at radius 2 is 2.05 bits per heavy atom. The molecule has 0 amide bonds. The molecule has 0 fully saturated rings. The molecule has 0 spiro atoms. The number of sulfonamides is 1. The predicted molar refractivity (Wildman–Crippen MR) is 80.0 cm³/mol. The maximum atomic E-state index is 12.5. The quantitative estimate of drug-likeness (QED) is 0.846. The van der Waals surface area contributed by atoms with Crippen molar-refractivity contribution in [2.45, 2.75) is 31.3 Å². The van der Waals surface area contributed by atoms with Gasteiger partial charge in [-0.3, -0.25) is 0 Å². The van der Waals surface area contributed by atoms with Crippen LogP contribution in [0.5, 0.6) is 5.75 Å². The molecule has 21 heavy (non-hydrogen) atoms. The first-order chi connectivity index (χ1) is 9.81. The number of nitrogens with zero attached hydrogens (tertiary/aromatic N) is 1. The minimum absolute atomic E-state index is 0.145. The molecular formula is C13H16BrNO5S. The molecule has 1 aliphatic rings. The van der Waals surface area contributed by atoms with Crippen LogP contribution in [0.25, 0.3) is 0 Å². The van der Waals surface area contributed by atoms with Crippen LogP contribution in [-0.2, 0) is 21.2 Å². The number of aliphatic carboxylic acids is 1. The highest BCUT2D eigenvalue weighted by molar-refractivity contribution is 9.10. The zero-order valence-electron chi connectivity index (χ0n) is 11.7. The number of carbonyl (C=O) groups is 1. The van der Waals surface area contributed by atoms with Gasteiger partial charge in [0.25, 0.3) is 0 Å². The minimum Gasteiger partial charge on any atom is -0.478 e. The lowest BCUT2D eigenvalue weighted by molar-refractivity contribution is -0.144. The van der Waals surface area contributed by atoms with Crippen molar-refractivity contribution in [2.75, 3.05) is 13.1 Å². The van der Waals surface area contributed by atoms with E-state index in [2.05, 4.69) is 15.9 Å². The maximum absolute atomic E-state index is 12.5. The Morgan fingerprint density at radius 3 is 2.57 bits per heavy atom. The third-order valence-electron chi connectivity index (χ3n) is 3.38. The Kier molecular flexibility index (Phi) is 4.60. The number of hydrogen-bond acceptors (Lipinski definition) is 4. The van der Waals surface area contributed by atoms with Crippen molar-refractivity contribution >= 4 is 31.9 Å². The number of ether oxygens (including phenoxy) is 1. The molecule has 0 radical (unpaired) electrons. The van der Waals surface area contributed by atoms with Crippen LogP contribution in [0.2, 0.25) is 0 Å². The molecule has 1 aromatic rings. The zero-order chi connectivity index (χ0) is 15.8. The van der Waals surface area contributed by atoms with Gasteiger partial charge >= 0.3 is 5.97 Å². The summed E-state index contributed by atoms with van der Waals surface area (Å²) in [7, 11) is -3.58. The first-order valence-electron chi connectivity index (χ1n) is 6.53. The highest BCUT2D eigenvalue weighted by Crippen LogP contribution is 2.38. The van der Waals surface area contributed by atoms with Crippen molar-refractivity contribution in [1.29, 1.82) is 0 Å². The molecule has 1 N–H and O–H groups in total. The highest BCUT2D eigenvalue weighted by Gasteiger charge is 2.33. The average Bonchev–Trinajstić information content (AvgIpc) is 2.84. The van der Waals surface area contributed by atoms with Crippen LogP contribution in [0.15, 0.2) is 21.5 Å². The predicted octanol–water partition coefficient (Wildman–Crippen LogP) is 1.87. The topological polar surface area (TPSA) is 83.9 Å². The second-order valence-corrected chi connectivity index (χ2v) is 7.42. The van der Waals surface area contributed by atoms with Crippen molar-refractivity contribution in [1.82, 2.24) is 4.31 Å². The summed E-state index contributed by atoms with van der Waals surface area (Å²) in [6.07, 6.45) is -0.812. The van der Waals surface area contributed by atoms with E-state index in [0.717, 1.165) is 0 Å². The average molecular weight is 378 g/mol. The number of rotatable bonds is 5. The molecule has 8 heteroatoms. The largest absolute Gasteiger partial charge is 0.478 e. The molecule has 0 saturated heterocycles. The van der Waals surface area contributed by atoms with Crippen molar-refractivity contribution < 1.29 is 23.1 Å². The molecule has 6 nitrogen and oxygen atoms in total. The van der Waals surface area contributed by atoms with Crippen LogP contribution < -0.4 is 4.74 Å². The summed E-state index contributed by atoms with van der Waals surface area (Å²) in [5.41, 5.74) is 0.586. The van der Waals surface area contributed by atoms with Crippen LogP contribution in [0.4, 0.5) is 0 Å². The van der Waals surface area contributed by atoms with Gasteiger partial charge in [-0.05, 0) is 28.1 Å². The Labute approximate surface area is 131 Å². The number of benzene rings is 1. The number of carboxylic acids is 1. The smallest absolute Gasteiger partial charge is 0.345 e. The highest BCUT2D eigenvalue weighted by atomic mass is 79.9. The summed E-state index contributed by atoms with van der Waals surface area (Å²) in [6, 6.07) is 2.95. The van der Waals surface area contributed by atoms with Crippen molar-refractivity contribution in [3.05, 3.63) is 22.2 Å². The van der Waals surface area contributed by atoms with Gasteiger partial charge in [0, 0.05) is 25.1 Å². The van der Waals surface area contributed by atoms with Gasteiger partial charge in [-0.1, -0.05) is 13.8 Å². The Morgan fingerprint density at radius 1 is 1.43 bits per heavy atom. The van der Waals surface area contributed by atoms with E-state index < -0.39 is 22.1 Å². The summed E-state index contributed by atoms with van der Waals surface area (Å²) in [6.45, 7) is 4.30. The molecule has 0 aliphatic carbocycles. The number of hydrogen-bond donors (Lipinski definition) is 1. The van der Waals surface area contributed by atoms with Crippen LogP contribution in [0.3, 0.4) is 0 Å². The molecule has 1 atom stereocenters. The van der Waals surface area contributed by atoms with Crippen LogP contribution in [0, 0.1) is 0 Å². The van der Waals surface area contributed by atoms with Crippen LogP contribution in [0.1, 0.15) is 19.4 Å². The molecule has 0 aromatic heterocycles. The standard InChI is InChI=1S/C13H16BrNO5S/c1-3-15(4-2)21(18,19)9-5-8-6-11(13(16)17)20-12(8)10(14)7-9/h5,7,11H,3-4,6H2,1-2H3,(H,16,17). The van der Waals surface area contributed by atoms with Crippen molar-refractivity contribution in [3.8, 4) is 5.75 Å². The molecule has 0 bridgehead atoms. The summed E-state index contributed by atoms with van der Waals surface area (Å²) < 4.78 is 32.2. The van der Waals surface area contributed by atoms with Gasteiger partial charge in [0.1, 0.15) is 5.75 Å². The van der Waals surface area contributed by atoms with E-state index in [4.69, 9.17) is 9.84 Å². The minimum atomic E-state index is -3.58. The zero-order valence-corrected chi connectivity index (χ0v) is 14.1. The van der Waals surface area contributed by atoms with Gasteiger partial charge in [-0.2, -0.15) is 4.31 Å². The normalized spacial score (nSPS) is 17.6. The van der Waals surface area contributed by atoms with Gasteiger partial charge in [0.2, 0.25) is 10.0 Å². The van der Waals surface area contributed by atoms with E-state index in [1.54, 1.807) is 13.8 Å². The molecular weight excluding hydrogens is 362 g/mol. The van der Waals surface area contributed by atoms with E-state index in [1.165, 1.54) is 16.4 Å². The molecule has 2 rings (SSSR count). The van der Waals surface area contributed by atoms with E-state index in [1.807, 2.05) is 0 Å². The van der Waals surface area contributed by atoms with Gasteiger partial charge in [0.05, 0.1) is 9.37 Å². The molecule has 116 valence electrons. The third-order valence-corrected chi connectivity index (χ3v) is 5.99. The van der Waals surface area contributed by atoms with Gasteiger partial charge in [-0.25, -0.2) is 13.2 Å². The number of fused-ring (bicyclic) bond motifs is 1. The fourth-order valence-electron chi connectivity index (χ4n) is 2.29. The second kappa shape index (κ2) is 5.94. The number of carboxylic acid groups (broad SMARTS) is 1. The SMILES string of the molecule is CCN(CC)S(=O)(=O)c1cc(Br)c2c(c1)CC(C(=O)O)O2. The third kappa shape index (κ3) is 2.93. The van der Waals surface area contributed by atoms with Crippen LogP contribution in [-0.4, -0.2) is 43.0 Å². The van der Waals surface area contributed by atoms with Gasteiger partial charge in [0.15, 0.2) is 6.10 Å². The lowest BCUT2D eigenvalue weighted by atomic mass is 10.1. The fourth-order valence-corrected chi connectivity index (χ4v) is 4.57. The van der Waals surface area contributed by atoms with E-state index in [-0.39, 0.29) is 11.3 Å². The summed E-state index contributed by atoms with van der Waals surface area (Å²) >= 11 is 3.26. The van der Waals surface area contributed by atoms with Crippen molar-refractivity contribution in [2.24, 2.45) is 0 Å². The lowest BCUT2D eigenvalue weighted by Crippen LogP contribution is -2.30. The summed E-state index contributed by atoms with van der Waals surface area (Å²) in [5, 5.41) is 9.00. The van der Waals surface area contributed by atoms with E-state index in [9.17, 15) is 13.2 Å². The van der Waals surface area contributed by atoms with Gasteiger partial charge < -0.3 is 9.84 Å².